The first-order chi connectivity index (χ1) is 54.4. The van der Waals surface area contributed by atoms with Crippen molar-refractivity contribution in [3.63, 3.8) is 0 Å². The van der Waals surface area contributed by atoms with Crippen LogP contribution in [-0.4, -0.2) is 96.7 Å². The van der Waals surface area contributed by atoms with Gasteiger partial charge in [0.15, 0.2) is 12.2 Å². The van der Waals surface area contributed by atoms with E-state index in [4.69, 9.17) is 37.0 Å². The lowest BCUT2D eigenvalue weighted by molar-refractivity contribution is -0.161. The van der Waals surface area contributed by atoms with Crippen molar-refractivity contribution < 1.29 is 80.2 Å². The van der Waals surface area contributed by atoms with Crippen molar-refractivity contribution in [3.8, 4) is 0 Å². The minimum absolute atomic E-state index is 0.108. The molecule has 0 aromatic carbocycles. The SMILES string of the molecule is CCCCCCCCCCCCCCCCCCCCCCCCC(=O)OC[C@H](COP(=O)(O)OC[C@@H](O)COP(=O)(O)OC[C@@H](COC(=O)CCCCCCCCCCCC)OC(=O)CCCCCCCCCCCCCCCCC(C)CC)OC(=O)CCCCCCCCCCCCCCCCCCCCC(C)CC. The van der Waals surface area contributed by atoms with Gasteiger partial charge in [-0.1, -0.05) is 452 Å². The van der Waals surface area contributed by atoms with E-state index in [0.717, 1.165) is 102 Å². The summed E-state index contributed by atoms with van der Waals surface area (Å²) in [5, 5.41) is 10.7. The van der Waals surface area contributed by atoms with E-state index in [2.05, 4.69) is 41.5 Å². The van der Waals surface area contributed by atoms with Gasteiger partial charge in [-0.2, -0.15) is 0 Å². The molecule has 0 aromatic rings. The van der Waals surface area contributed by atoms with Crippen LogP contribution in [0.2, 0.25) is 0 Å². The largest absolute Gasteiger partial charge is 0.472 e. The molecule has 0 radical (unpaired) electrons. The first kappa shape index (κ1) is 110. The standard InChI is InChI=1S/C93H182O17P2/c1-7-11-13-15-17-19-21-22-23-24-25-26-27-28-32-35-41-46-52-58-64-70-76-91(96)104-82-89(110-92(97)77-71-65-59-53-47-42-36-33-30-29-31-34-39-44-49-55-61-67-73-85(5)9-3)84-108-112(101,102)106-80-87(94)79-105-111(99,100)107-83-88(81-103-90(95)75-69-63-57-51-20-18-16-14-12-8-2)109-93(98)78-72-66-60-54-48-43-38-37-40-45-50-56-62-68-74-86(6)10-4/h85-89,94H,7-84H2,1-6H3,(H,99,100)(H,101,102)/t85?,86?,87-,88+,89+/m0/s1. The fourth-order valence-corrected chi connectivity index (χ4v) is 16.2. The number of phosphoric acid groups is 2. The lowest BCUT2D eigenvalue weighted by Gasteiger charge is -2.21. The molecule has 0 rings (SSSR count). The summed E-state index contributed by atoms with van der Waals surface area (Å²) in [7, 11) is -9.94. The Morgan fingerprint density at radius 1 is 0.250 bits per heavy atom. The van der Waals surface area contributed by atoms with Gasteiger partial charge in [0.05, 0.1) is 26.4 Å². The number of carbonyl (C=O) groups is 4. The molecule has 112 heavy (non-hydrogen) atoms. The molecule has 0 aliphatic carbocycles. The number of phosphoric ester groups is 2. The van der Waals surface area contributed by atoms with E-state index >= 15 is 0 Å². The number of hydrogen-bond donors (Lipinski definition) is 3. The van der Waals surface area contributed by atoms with Gasteiger partial charge in [-0.25, -0.2) is 9.13 Å². The molecule has 3 N–H and O–H groups in total. The fourth-order valence-electron chi connectivity index (χ4n) is 14.6. The monoisotopic (exact) mass is 1630 g/mol. The predicted molar refractivity (Wildman–Crippen MR) is 465 cm³/mol. The number of hydrogen-bond acceptors (Lipinski definition) is 15. The number of esters is 4. The average molecular weight is 1630 g/mol. The Hall–Kier alpha value is -1.94. The Bertz CT molecular complexity index is 2140. The summed E-state index contributed by atoms with van der Waals surface area (Å²) < 4.78 is 69.1. The number of carbonyl (C=O) groups excluding carboxylic acids is 4. The van der Waals surface area contributed by atoms with Crippen molar-refractivity contribution >= 4 is 39.5 Å². The minimum Gasteiger partial charge on any atom is -0.462 e. The van der Waals surface area contributed by atoms with Crippen molar-refractivity contribution in [2.75, 3.05) is 39.6 Å². The molecule has 0 bridgehead atoms. The molecule has 0 aliphatic heterocycles. The highest BCUT2D eigenvalue weighted by Crippen LogP contribution is 2.45. The van der Waals surface area contributed by atoms with Gasteiger partial charge in [0.1, 0.15) is 19.3 Å². The summed E-state index contributed by atoms with van der Waals surface area (Å²) in [6, 6.07) is 0. The quantitative estimate of drug-likeness (QED) is 0.0222. The van der Waals surface area contributed by atoms with E-state index < -0.39 is 97.5 Å². The maximum Gasteiger partial charge on any atom is 0.472 e. The van der Waals surface area contributed by atoms with Crippen molar-refractivity contribution in [1.82, 2.24) is 0 Å². The molecule has 0 saturated carbocycles. The molecule has 0 spiro atoms. The van der Waals surface area contributed by atoms with Crippen LogP contribution in [0.4, 0.5) is 0 Å². The Labute approximate surface area is 689 Å². The smallest absolute Gasteiger partial charge is 0.462 e. The van der Waals surface area contributed by atoms with Crippen LogP contribution >= 0.6 is 15.6 Å². The normalized spacial score (nSPS) is 14.2. The van der Waals surface area contributed by atoms with Crippen molar-refractivity contribution in [2.45, 2.75) is 522 Å². The van der Waals surface area contributed by atoms with Crippen LogP contribution in [0.5, 0.6) is 0 Å². The fraction of sp³-hybridized carbons (Fsp3) is 0.957. The Balaban J connectivity index is 5.21. The maximum atomic E-state index is 13.2. The highest BCUT2D eigenvalue weighted by molar-refractivity contribution is 7.47. The second-order valence-electron chi connectivity index (χ2n) is 33.9. The average Bonchev–Trinajstić information content (AvgIpc) is 0.899. The van der Waals surface area contributed by atoms with Gasteiger partial charge in [-0.3, -0.25) is 37.3 Å². The maximum absolute atomic E-state index is 13.2. The predicted octanol–water partition coefficient (Wildman–Crippen LogP) is 29.0. The molecule has 0 saturated heterocycles. The molecule has 7 atom stereocenters. The molecule has 19 heteroatoms. The number of unbranched alkanes of at least 4 members (excludes halogenated alkanes) is 60. The second kappa shape index (κ2) is 84.1. The van der Waals surface area contributed by atoms with Gasteiger partial charge >= 0.3 is 39.5 Å². The summed E-state index contributed by atoms with van der Waals surface area (Å²) in [4.78, 5) is 73.4. The number of aliphatic hydroxyl groups excluding tert-OH is 1. The zero-order valence-corrected chi connectivity index (χ0v) is 75.8. The van der Waals surface area contributed by atoms with Crippen LogP contribution in [0, 0.1) is 11.8 Å². The lowest BCUT2D eigenvalue weighted by Crippen LogP contribution is -2.30. The third kappa shape index (κ3) is 83.1. The second-order valence-corrected chi connectivity index (χ2v) is 36.8. The molecule has 0 heterocycles. The molecule has 0 fully saturated rings. The highest BCUT2D eigenvalue weighted by atomic mass is 31.2. The summed E-state index contributed by atoms with van der Waals surface area (Å²) in [6.07, 6.45) is 79.2. The van der Waals surface area contributed by atoms with Crippen molar-refractivity contribution in [2.24, 2.45) is 11.8 Å². The van der Waals surface area contributed by atoms with Gasteiger partial charge in [-0.15, -0.1) is 0 Å². The zero-order chi connectivity index (χ0) is 82.0. The molecule has 666 valence electrons. The van der Waals surface area contributed by atoms with Crippen LogP contribution in [0.1, 0.15) is 504 Å². The van der Waals surface area contributed by atoms with Crippen LogP contribution in [-0.2, 0) is 65.4 Å². The van der Waals surface area contributed by atoms with Crippen molar-refractivity contribution in [3.05, 3.63) is 0 Å². The van der Waals surface area contributed by atoms with Gasteiger partial charge in [0.25, 0.3) is 0 Å². The molecular formula is C93H182O17P2. The van der Waals surface area contributed by atoms with Crippen LogP contribution in [0.25, 0.3) is 0 Å². The Morgan fingerprint density at radius 2 is 0.429 bits per heavy atom. The van der Waals surface area contributed by atoms with E-state index in [0.29, 0.717) is 25.7 Å². The van der Waals surface area contributed by atoms with Crippen molar-refractivity contribution in [1.29, 1.82) is 0 Å². The summed E-state index contributed by atoms with van der Waals surface area (Å²) >= 11 is 0. The highest BCUT2D eigenvalue weighted by Gasteiger charge is 2.31. The molecule has 0 aromatic heterocycles. The third-order valence-corrected chi connectivity index (χ3v) is 24.6. The van der Waals surface area contributed by atoms with E-state index in [1.807, 2.05) is 0 Å². The van der Waals surface area contributed by atoms with E-state index in [-0.39, 0.29) is 25.7 Å². The first-order valence-corrected chi connectivity index (χ1v) is 51.1. The molecule has 4 unspecified atom stereocenters. The molecule has 0 aliphatic rings. The first-order valence-electron chi connectivity index (χ1n) is 48.1. The minimum atomic E-state index is -4.97. The summed E-state index contributed by atoms with van der Waals surface area (Å²) in [5.74, 6) is -0.378. The Morgan fingerprint density at radius 3 is 0.634 bits per heavy atom. The lowest BCUT2D eigenvalue weighted by atomic mass is 9.99. The van der Waals surface area contributed by atoms with Gasteiger partial charge in [-0.05, 0) is 37.5 Å². The number of ether oxygens (including phenoxy) is 4. The Kier molecular flexibility index (Phi) is 82.6. The molecule has 17 nitrogen and oxygen atoms in total. The third-order valence-electron chi connectivity index (χ3n) is 22.7. The summed E-state index contributed by atoms with van der Waals surface area (Å²) in [5.41, 5.74) is 0. The van der Waals surface area contributed by atoms with Gasteiger partial charge < -0.3 is 33.8 Å². The topological polar surface area (TPSA) is 237 Å². The van der Waals surface area contributed by atoms with E-state index in [1.165, 1.54) is 321 Å². The van der Waals surface area contributed by atoms with Crippen LogP contribution in [0.3, 0.4) is 0 Å². The van der Waals surface area contributed by atoms with E-state index in [9.17, 15) is 43.2 Å². The summed E-state index contributed by atoms with van der Waals surface area (Å²) in [6.45, 7) is 9.82. The van der Waals surface area contributed by atoms with Gasteiger partial charge in [0.2, 0.25) is 0 Å². The van der Waals surface area contributed by atoms with Gasteiger partial charge in [0, 0.05) is 25.7 Å². The number of aliphatic hydroxyl groups is 1. The van der Waals surface area contributed by atoms with Crippen LogP contribution in [0.15, 0.2) is 0 Å². The number of rotatable bonds is 92. The van der Waals surface area contributed by atoms with E-state index in [1.54, 1.807) is 0 Å². The molecule has 0 amide bonds. The van der Waals surface area contributed by atoms with Crippen LogP contribution < -0.4 is 0 Å². The zero-order valence-electron chi connectivity index (χ0n) is 74.0. The molecular weight excluding hydrogens is 1450 g/mol.